The lowest BCUT2D eigenvalue weighted by molar-refractivity contribution is -0.115. The van der Waals surface area contributed by atoms with Crippen LogP contribution in [0.2, 0.25) is 0 Å². The molecule has 8 nitrogen and oxygen atoms in total. The fourth-order valence-corrected chi connectivity index (χ4v) is 3.98. The van der Waals surface area contributed by atoms with Gasteiger partial charge in [0.2, 0.25) is 5.91 Å². The van der Waals surface area contributed by atoms with Crippen LogP contribution in [0.25, 0.3) is 11.4 Å². The van der Waals surface area contributed by atoms with Crippen LogP contribution < -0.4 is 14.8 Å². The van der Waals surface area contributed by atoms with Crippen LogP contribution in [0.15, 0.2) is 28.7 Å². The van der Waals surface area contributed by atoms with Crippen molar-refractivity contribution in [1.29, 1.82) is 0 Å². The molecule has 1 aromatic carbocycles. The average molecular weight is 420 g/mol. The van der Waals surface area contributed by atoms with Crippen molar-refractivity contribution in [2.45, 2.75) is 24.3 Å². The second-order valence-corrected chi connectivity index (χ2v) is 8.14. The summed E-state index contributed by atoms with van der Waals surface area (Å²) in [6.07, 6.45) is 0. The summed E-state index contributed by atoms with van der Waals surface area (Å²) in [5.74, 6) is 1.80. The molecule has 3 rings (SSSR count). The van der Waals surface area contributed by atoms with Crippen LogP contribution in [0.5, 0.6) is 11.5 Å². The Hall–Kier alpha value is -2.59. The van der Waals surface area contributed by atoms with E-state index in [9.17, 15) is 4.79 Å². The molecule has 0 fully saturated rings. The molecule has 1 unspecified atom stereocenters. The van der Waals surface area contributed by atoms with Crippen LogP contribution in [0.3, 0.4) is 0 Å². The molecule has 0 bridgehead atoms. The number of anilines is 1. The molecular weight excluding hydrogens is 398 g/mol. The molecule has 0 aliphatic heterocycles. The van der Waals surface area contributed by atoms with Gasteiger partial charge in [0.1, 0.15) is 0 Å². The molecule has 0 spiro atoms. The SMILES string of the molecule is COc1ccc(-c2nnc(SC(C)C(=O)Nc3nc(C)cs3)n2C)cc1OC. The van der Waals surface area contributed by atoms with Crippen LogP contribution in [0, 0.1) is 6.92 Å². The van der Waals surface area contributed by atoms with E-state index >= 15 is 0 Å². The maximum atomic E-state index is 12.4. The Balaban J connectivity index is 1.74. The number of amides is 1. The Bertz CT molecular complexity index is 986. The standard InChI is InChI=1S/C18H21N5O3S2/c1-10-9-27-17(19-10)20-16(24)11(2)28-18-22-21-15(23(18)3)12-6-7-13(25-4)14(8-12)26-5/h6-9,11H,1-5H3,(H,19,20,24). The van der Waals surface area contributed by atoms with E-state index in [0.717, 1.165) is 11.3 Å². The van der Waals surface area contributed by atoms with Gasteiger partial charge in [0.05, 0.1) is 25.2 Å². The quantitative estimate of drug-likeness (QED) is 0.587. The number of methoxy groups -OCH3 is 2. The molecule has 2 heterocycles. The van der Waals surface area contributed by atoms with Crippen molar-refractivity contribution in [3.8, 4) is 22.9 Å². The summed E-state index contributed by atoms with van der Waals surface area (Å²) in [6.45, 7) is 3.71. The first kappa shape index (κ1) is 20.2. The van der Waals surface area contributed by atoms with Gasteiger partial charge in [-0.2, -0.15) is 0 Å². The molecule has 28 heavy (non-hydrogen) atoms. The Morgan fingerprint density at radius 2 is 2.00 bits per heavy atom. The lowest BCUT2D eigenvalue weighted by Crippen LogP contribution is -2.22. The number of thiazole rings is 1. The van der Waals surface area contributed by atoms with E-state index in [0.29, 0.717) is 27.6 Å². The van der Waals surface area contributed by atoms with Crippen molar-refractivity contribution in [2.75, 3.05) is 19.5 Å². The number of benzene rings is 1. The van der Waals surface area contributed by atoms with E-state index in [-0.39, 0.29) is 11.2 Å². The summed E-state index contributed by atoms with van der Waals surface area (Å²) in [5.41, 5.74) is 1.73. The molecule has 1 amide bonds. The molecule has 0 saturated carbocycles. The largest absolute Gasteiger partial charge is 0.493 e. The van der Waals surface area contributed by atoms with Gasteiger partial charge in [-0.05, 0) is 32.0 Å². The smallest absolute Gasteiger partial charge is 0.239 e. The van der Waals surface area contributed by atoms with Crippen LogP contribution in [0.1, 0.15) is 12.6 Å². The number of hydrogen-bond acceptors (Lipinski definition) is 8. The molecule has 148 valence electrons. The van der Waals surface area contributed by atoms with Gasteiger partial charge in [-0.3, -0.25) is 4.79 Å². The molecule has 0 saturated heterocycles. The molecular formula is C18H21N5O3S2. The predicted octanol–water partition coefficient (Wildman–Crippen LogP) is 3.38. The molecule has 10 heteroatoms. The predicted molar refractivity (Wildman–Crippen MR) is 110 cm³/mol. The van der Waals surface area contributed by atoms with E-state index in [4.69, 9.17) is 9.47 Å². The molecule has 0 aliphatic carbocycles. The van der Waals surface area contributed by atoms with Crippen LogP contribution in [-0.4, -0.2) is 45.1 Å². The fourth-order valence-electron chi connectivity index (χ4n) is 2.47. The van der Waals surface area contributed by atoms with Crippen molar-refractivity contribution < 1.29 is 14.3 Å². The van der Waals surface area contributed by atoms with Gasteiger partial charge in [0.25, 0.3) is 0 Å². The van der Waals surface area contributed by atoms with Gasteiger partial charge >= 0.3 is 0 Å². The Morgan fingerprint density at radius 1 is 1.25 bits per heavy atom. The lowest BCUT2D eigenvalue weighted by Gasteiger charge is -2.11. The monoisotopic (exact) mass is 419 g/mol. The zero-order chi connectivity index (χ0) is 20.3. The van der Waals surface area contributed by atoms with Crippen molar-refractivity contribution in [2.24, 2.45) is 7.05 Å². The first-order chi connectivity index (χ1) is 13.4. The number of carbonyl (C=O) groups excluding carboxylic acids is 1. The Morgan fingerprint density at radius 3 is 2.64 bits per heavy atom. The second kappa shape index (κ2) is 8.61. The summed E-state index contributed by atoms with van der Waals surface area (Å²) < 4.78 is 12.5. The van der Waals surface area contributed by atoms with Crippen molar-refractivity contribution in [1.82, 2.24) is 19.7 Å². The highest BCUT2D eigenvalue weighted by molar-refractivity contribution is 8.00. The van der Waals surface area contributed by atoms with Gasteiger partial charge in [-0.1, -0.05) is 11.8 Å². The number of thioether (sulfide) groups is 1. The molecule has 0 radical (unpaired) electrons. The van der Waals surface area contributed by atoms with Gasteiger partial charge in [-0.15, -0.1) is 21.5 Å². The average Bonchev–Trinajstić information content (AvgIpc) is 3.26. The summed E-state index contributed by atoms with van der Waals surface area (Å²) >= 11 is 2.74. The summed E-state index contributed by atoms with van der Waals surface area (Å²) in [5, 5.41) is 14.1. The third kappa shape index (κ3) is 4.28. The minimum absolute atomic E-state index is 0.130. The number of nitrogens with zero attached hydrogens (tertiary/aromatic N) is 4. The highest BCUT2D eigenvalue weighted by Gasteiger charge is 2.20. The third-order valence-electron chi connectivity index (χ3n) is 3.98. The Kier molecular flexibility index (Phi) is 6.20. The Labute approximate surface area is 171 Å². The molecule has 1 N–H and O–H groups in total. The van der Waals surface area contributed by atoms with E-state index in [2.05, 4.69) is 20.5 Å². The summed E-state index contributed by atoms with van der Waals surface area (Å²) in [4.78, 5) is 16.7. The maximum Gasteiger partial charge on any atom is 0.239 e. The number of aryl methyl sites for hydroxylation is 1. The third-order valence-corrected chi connectivity index (χ3v) is 5.99. The number of rotatable bonds is 7. The van der Waals surface area contributed by atoms with E-state index in [1.54, 1.807) is 14.2 Å². The summed E-state index contributed by atoms with van der Waals surface area (Å²) in [7, 11) is 5.04. The lowest BCUT2D eigenvalue weighted by atomic mass is 10.2. The second-order valence-electron chi connectivity index (χ2n) is 5.98. The van der Waals surface area contributed by atoms with Crippen molar-refractivity contribution >= 4 is 34.1 Å². The molecule has 2 aromatic heterocycles. The normalized spacial score (nSPS) is 11.9. The molecule has 0 aliphatic rings. The van der Waals surface area contributed by atoms with E-state index in [1.165, 1.54) is 23.1 Å². The van der Waals surface area contributed by atoms with Crippen LogP contribution >= 0.6 is 23.1 Å². The maximum absolute atomic E-state index is 12.4. The topological polar surface area (TPSA) is 91.2 Å². The van der Waals surface area contributed by atoms with E-state index in [1.807, 2.05) is 49.0 Å². The number of nitrogens with one attached hydrogen (secondary N) is 1. The van der Waals surface area contributed by atoms with Crippen molar-refractivity contribution in [3.63, 3.8) is 0 Å². The zero-order valence-corrected chi connectivity index (χ0v) is 17.8. The van der Waals surface area contributed by atoms with Crippen LogP contribution in [0.4, 0.5) is 5.13 Å². The van der Waals surface area contributed by atoms with Gasteiger partial charge < -0.3 is 19.4 Å². The van der Waals surface area contributed by atoms with Crippen LogP contribution in [-0.2, 0) is 11.8 Å². The summed E-state index contributed by atoms with van der Waals surface area (Å²) in [6, 6.07) is 5.56. The number of aromatic nitrogens is 4. The van der Waals surface area contributed by atoms with Gasteiger partial charge in [0, 0.05) is 18.0 Å². The van der Waals surface area contributed by atoms with Gasteiger partial charge in [0.15, 0.2) is 27.6 Å². The molecule has 1 atom stereocenters. The number of hydrogen-bond donors (Lipinski definition) is 1. The molecule has 3 aromatic rings. The highest BCUT2D eigenvalue weighted by Crippen LogP contribution is 2.33. The minimum Gasteiger partial charge on any atom is -0.493 e. The van der Waals surface area contributed by atoms with Crippen molar-refractivity contribution in [3.05, 3.63) is 29.3 Å². The van der Waals surface area contributed by atoms with E-state index < -0.39 is 0 Å². The number of carbonyl (C=O) groups is 1. The number of ether oxygens (including phenoxy) is 2. The fraction of sp³-hybridized carbons (Fsp3) is 0.333. The first-order valence-corrected chi connectivity index (χ1v) is 10.2. The highest BCUT2D eigenvalue weighted by atomic mass is 32.2. The zero-order valence-electron chi connectivity index (χ0n) is 16.2. The first-order valence-electron chi connectivity index (χ1n) is 8.44. The minimum atomic E-state index is -0.356. The van der Waals surface area contributed by atoms with Gasteiger partial charge in [-0.25, -0.2) is 4.98 Å².